The molecule has 0 spiro atoms. The Hall–Kier alpha value is -2.70. The molecule has 0 unspecified atom stereocenters. The van der Waals surface area contributed by atoms with Crippen molar-refractivity contribution in [2.45, 2.75) is 6.54 Å². The highest BCUT2D eigenvalue weighted by Crippen LogP contribution is 2.28. The zero-order chi connectivity index (χ0) is 15.4. The van der Waals surface area contributed by atoms with E-state index in [9.17, 15) is 4.79 Å². The summed E-state index contributed by atoms with van der Waals surface area (Å²) < 4.78 is 12.0. The average molecular weight is 290 g/mol. The first kappa shape index (κ1) is 14.7. The number of carbonyl (C=O) groups excluding carboxylic acids is 1. The predicted octanol–water partition coefficient (Wildman–Crippen LogP) is 0.949. The minimum atomic E-state index is -0.299. The molecule has 0 radical (unpaired) electrons. The minimum absolute atomic E-state index is 0.277. The number of hydrogen-bond donors (Lipinski definition) is 2. The van der Waals surface area contributed by atoms with Crippen molar-refractivity contribution in [2.24, 2.45) is 7.05 Å². The molecule has 112 valence electrons. The highest BCUT2D eigenvalue weighted by atomic mass is 16.5. The Labute approximate surface area is 122 Å². The van der Waals surface area contributed by atoms with E-state index < -0.39 is 0 Å². The van der Waals surface area contributed by atoms with Gasteiger partial charge in [-0.2, -0.15) is 5.10 Å². The Morgan fingerprint density at radius 2 is 1.95 bits per heavy atom. The molecule has 1 amide bonds. The highest BCUT2D eigenvalue weighted by Gasteiger charge is 2.18. The number of amides is 1. The molecule has 0 bridgehead atoms. The van der Waals surface area contributed by atoms with Gasteiger partial charge in [0.25, 0.3) is 5.91 Å². The summed E-state index contributed by atoms with van der Waals surface area (Å²) >= 11 is 0. The number of ether oxygens (including phenoxy) is 2. The lowest BCUT2D eigenvalue weighted by Crippen LogP contribution is -2.24. The maximum absolute atomic E-state index is 12.4. The molecule has 0 aliphatic carbocycles. The largest absolute Gasteiger partial charge is 0.496 e. The summed E-state index contributed by atoms with van der Waals surface area (Å²) in [5, 5.41) is 6.81. The molecule has 0 aliphatic heterocycles. The minimum Gasteiger partial charge on any atom is -0.496 e. The van der Waals surface area contributed by atoms with E-state index >= 15 is 0 Å². The third-order valence-electron chi connectivity index (χ3n) is 3.16. The van der Waals surface area contributed by atoms with Gasteiger partial charge in [-0.1, -0.05) is 6.07 Å². The van der Waals surface area contributed by atoms with Crippen molar-refractivity contribution in [3.05, 3.63) is 35.5 Å². The molecule has 0 aliphatic rings. The fourth-order valence-electron chi connectivity index (χ4n) is 1.97. The topological polar surface area (TPSA) is 91.4 Å². The van der Waals surface area contributed by atoms with Crippen molar-refractivity contribution in [2.75, 3.05) is 20.0 Å². The van der Waals surface area contributed by atoms with Gasteiger partial charge in [0.15, 0.2) is 0 Å². The summed E-state index contributed by atoms with van der Waals surface area (Å²) in [7, 11) is 4.75. The van der Waals surface area contributed by atoms with E-state index in [1.54, 1.807) is 36.1 Å². The maximum atomic E-state index is 12.4. The number of nitrogens with zero attached hydrogens (tertiary/aromatic N) is 2. The summed E-state index contributed by atoms with van der Waals surface area (Å²) in [4.78, 5) is 12.4. The maximum Gasteiger partial charge on any atom is 0.259 e. The molecule has 3 N–H and O–H groups in total. The summed E-state index contributed by atoms with van der Waals surface area (Å²) in [6.45, 7) is 0.277. The van der Waals surface area contributed by atoms with Gasteiger partial charge < -0.3 is 20.5 Å². The Morgan fingerprint density at radius 3 is 2.43 bits per heavy atom. The van der Waals surface area contributed by atoms with Crippen LogP contribution in [0.3, 0.4) is 0 Å². The Bertz CT molecular complexity index is 629. The lowest BCUT2D eigenvalue weighted by Gasteiger charge is -2.12. The third-order valence-corrected chi connectivity index (χ3v) is 3.16. The molecule has 0 fully saturated rings. The first-order valence-corrected chi connectivity index (χ1v) is 6.34. The standard InChI is InChI=1S/C14H18N4O3/c1-18-13(15)9(8-17-18)7-16-14(19)12-10(20-2)5-4-6-11(12)21-3/h4-6,8H,7,15H2,1-3H3,(H,16,19). The zero-order valence-corrected chi connectivity index (χ0v) is 12.2. The zero-order valence-electron chi connectivity index (χ0n) is 12.2. The third kappa shape index (κ3) is 2.91. The number of nitrogens with two attached hydrogens (primary N) is 1. The predicted molar refractivity (Wildman–Crippen MR) is 78.3 cm³/mol. The number of rotatable bonds is 5. The monoisotopic (exact) mass is 290 g/mol. The van der Waals surface area contributed by atoms with E-state index in [1.807, 2.05) is 0 Å². The van der Waals surface area contributed by atoms with Gasteiger partial charge in [-0.05, 0) is 12.1 Å². The summed E-state index contributed by atoms with van der Waals surface area (Å²) in [6, 6.07) is 5.17. The lowest BCUT2D eigenvalue weighted by atomic mass is 10.1. The molecule has 2 rings (SSSR count). The van der Waals surface area contributed by atoms with Crippen LogP contribution in [0.15, 0.2) is 24.4 Å². The van der Waals surface area contributed by atoms with Gasteiger partial charge in [-0.25, -0.2) is 0 Å². The lowest BCUT2D eigenvalue weighted by molar-refractivity contribution is 0.0944. The molecule has 2 aromatic rings. The van der Waals surface area contributed by atoms with Crippen molar-refractivity contribution in [1.82, 2.24) is 15.1 Å². The van der Waals surface area contributed by atoms with Crippen LogP contribution in [0.2, 0.25) is 0 Å². The van der Waals surface area contributed by atoms with Gasteiger partial charge in [0, 0.05) is 19.2 Å². The van der Waals surface area contributed by atoms with Gasteiger partial charge in [0.1, 0.15) is 22.9 Å². The van der Waals surface area contributed by atoms with Crippen LogP contribution in [0.1, 0.15) is 15.9 Å². The average Bonchev–Trinajstić information content (AvgIpc) is 2.83. The van der Waals surface area contributed by atoms with E-state index in [1.165, 1.54) is 14.2 Å². The van der Waals surface area contributed by atoms with E-state index in [0.29, 0.717) is 22.9 Å². The van der Waals surface area contributed by atoms with Crippen molar-refractivity contribution < 1.29 is 14.3 Å². The van der Waals surface area contributed by atoms with Crippen molar-refractivity contribution in [3.8, 4) is 11.5 Å². The molecule has 21 heavy (non-hydrogen) atoms. The molecule has 7 heteroatoms. The van der Waals surface area contributed by atoms with Crippen LogP contribution >= 0.6 is 0 Å². The highest BCUT2D eigenvalue weighted by molar-refractivity contribution is 5.99. The molecule has 0 saturated carbocycles. The van der Waals surface area contributed by atoms with Gasteiger partial charge in [0.05, 0.1) is 20.4 Å². The number of carbonyl (C=O) groups is 1. The van der Waals surface area contributed by atoms with Crippen LogP contribution in [0.4, 0.5) is 5.82 Å². The number of hydrogen-bond acceptors (Lipinski definition) is 5. The van der Waals surface area contributed by atoms with E-state index in [2.05, 4.69) is 10.4 Å². The van der Waals surface area contributed by atoms with Crippen LogP contribution < -0.4 is 20.5 Å². The van der Waals surface area contributed by atoms with Crippen molar-refractivity contribution >= 4 is 11.7 Å². The van der Waals surface area contributed by atoms with Crippen LogP contribution in [-0.4, -0.2) is 29.9 Å². The van der Waals surface area contributed by atoms with Gasteiger partial charge in [-0.3, -0.25) is 9.48 Å². The molecule has 0 atom stereocenters. The second-order valence-electron chi connectivity index (χ2n) is 4.40. The van der Waals surface area contributed by atoms with Gasteiger partial charge in [0.2, 0.25) is 0 Å². The number of nitrogens with one attached hydrogen (secondary N) is 1. The van der Waals surface area contributed by atoms with Crippen molar-refractivity contribution in [1.29, 1.82) is 0 Å². The number of benzene rings is 1. The van der Waals surface area contributed by atoms with Crippen LogP contribution in [0.5, 0.6) is 11.5 Å². The molecule has 7 nitrogen and oxygen atoms in total. The van der Waals surface area contributed by atoms with E-state index in [4.69, 9.17) is 15.2 Å². The van der Waals surface area contributed by atoms with Gasteiger partial charge >= 0.3 is 0 Å². The molecular weight excluding hydrogens is 272 g/mol. The SMILES string of the molecule is COc1cccc(OC)c1C(=O)NCc1cnn(C)c1N. The Balaban J connectivity index is 2.19. The number of aryl methyl sites for hydroxylation is 1. The van der Waals surface area contributed by atoms with Crippen LogP contribution in [0, 0.1) is 0 Å². The molecule has 0 saturated heterocycles. The molecular formula is C14H18N4O3. The molecule has 1 heterocycles. The fraction of sp³-hybridized carbons (Fsp3) is 0.286. The first-order valence-electron chi connectivity index (χ1n) is 6.34. The summed E-state index contributed by atoms with van der Waals surface area (Å²) in [6.07, 6.45) is 1.62. The van der Waals surface area contributed by atoms with Crippen molar-refractivity contribution in [3.63, 3.8) is 0 Å². The number of nitrogen functional groups attached to an aromatic ring is 1. The van der Waals surface area contributed by atoms with Crippen LogP contribution in [-0.2, 0) is 13.6 Å². The first-order chi connectivity index (χ1) is 10.1. The van der Waals surface area contributed by atoms with E-state index in [-0.39, 0.29) is 12.5 Å². The smallest absolute Gasteiger partial charge is 0.259 e. The van der Waals surface area contributed by atoms with Crippen LogP contribution in [0.25, 0.3) is 0 Å². The molecule has 1 aromatic heterocycles. The fourth-order valence-corrected chi connectivity index (χ4v) is 1.97. The number of methoxy groups -OCH3 is 2. The Kier molecular flexibility index (Phi) is 4.32. The second kappa shape index (κ2) is 6.17. The second-order valence-corrected chi connectivity index (χ2v) is 4.40. The normalized spacial score (nSPS) is 10.2. The number of aromatic nitrogens is 2. The quantitative estimate of drug-likeness (QED) is 0.855. The molecule has 1 aromatic carbocycles. The van der Waals surface area contributed by atoms with Gasteiger partial charge in [-0.15, -0.1) is 0 Å². The summed E-state index contributed by atoms with van der Waals surface area (Å²) in [5.41, 5.74) is 6.94. The van der Waals surface area contributed by atoms with E-state index in [0.717, 1.165) is 5.56 Å². The Morgan fingerprint density at radius 1 is 1.33 bits per heavy atom. The number of anilines is 1. The summed E-state index contributed by atoms with van der Waals surface area (Å²) in [5.74, 6) is 1.12.